The van der Waals surface area contributed by atoms with Gasteiger partial charge in [-0.15, -0.1) is 11.3 Å². The predicted molar refractivity (Wildman–Crippen MR) is 59.5 cm³/mol. The smallest absolute Gasteiger partial charge is 0.154 e. The van der Waals surface area contributed by atoms with Crippen LogP contribution in [0.15, 0.2) is 29.6 Å². The fourth-order valence-corrected chi connectivity index (χ4v) is 1.62. The van der Waals surface area contributed by atoms with Crippen LogP contribution < -0.4 is 5.32 Å². The fourth-order valence-electron chi connectivity index (χ4n) is 1.16. The van der Waals surface area contributed by atoms with Crippen LogP contribution in [0, 0.1) is 12.4 Å². The van der Waals surface area contributed by atoms with E-state index in [-0.39, 0.29) is 0 Å². The third-order valence-electron chi connectivity index (χ3n) is 1.98. The Bertz CT molecular complexity index is 378. The molecule has 71 valence electrons. The molecule has 0 aliphatic carbocycles. The molecule has 3 heteroatoms. The zero-order chi connectivity index (χ0) is 9.80. The number of anilines is 1. The molecule has 0 aliphatic heterocycles. The Hall–Kier alpha value is -1.35. The van der Waals surface area contributed by atoms with Gasteiger partial charge in [-0.1, -0.05) is 29.8 Å². The highest BCUT2D eigenvalue weighted by Crippen LogP contribution is 2.09. The summed E-state index contributed by atoms with van der Waals surface area (Å²) in [6.45, 7) is 2.91. The largest absolute Gasteiger partial charge is 0.365 e. The van der Waals surface area contributed by atoms with Crippen LogP contribution in [0.5, 0.6) is 0 Å². The third kappa shape index (κ3) is 2.33. The molecule has 0 spiro atoms. The van der Waals surface area contributed by atoms with E-state index < -0.39 is 0 Å². The molecule has 2 rings (SSSR count). The number of benzene rings is 1. The number of hydrogen-bond acceptors (Lipinski definition) is 3. The van der Waals surface area contributed by atoms with Crippen molar-refractivity contribution in [1.82, 2.24) is 4.98 Å². The molecule has 1 aromatic heterocycles. The number of thiazole rings is 1. The molecule has 0 saturated carbocycles. The second kappa shape index (κ2) is 4.24. The average Bonchev–Trinajstić information content (AvgIpc) is 2.70. The molecule has 2 aromatic rings. The minimum Gasteiger partial charge on any atom is -0.365 e. The van der Waals surface area contributed by atoms with Gasteiger partial charge in [-0.05, 0) is 12.5 Å². The van der Waals surface area contributed by atoms with Crippen LogP contribution >= 0.6 is 11.3 Å². The Labute approximate surface area is 87.6 Å². The van der Waals surface area contributed by atoms with Crippen molar-refractivity contribution in [1.29, 1.82) is 0 Å². The molecule has 0 fully saturated rings. The summed E-state index contributed by atoms with van der Waals surface area (Å²) in [6.07, 6.45) is 0. The van der Waals surface area contributed by atoms with Crippen LogP contribution in [0.2, 0.25) is 0 Å². The van der Waals surface area contributed by atoms with Gasteiger partial charge < -0.3 is 5.32 Å². The van der Waals surface area contributed by atoms with Crippen molar-refractivity contribution in [3.05, 3.63) is 46.3 Å². The highest BCUT2D eigenvalue weighted by Gasteiger charge is 1.94. The van der Waals surface area contributed by atoms with Crippen LogP contribution in [0.3, 0.4) is 0 Å². The van der Waals surface area contributed by atoms with E-state index in [2.05, 4.69) is 47.0 Å². The van der Waals surface area contributed by atoms with Gasteiger partial charge in [-0.2, -0.15) is 0 Å². The van der Waals surface area contributed by atoms with Crippen LogP contribution in [0.1, 0.15) is 11.1 Å². The summed E-state index contributed by atoms with van der Waals surface area (Å²) in [5, 5.41) is 5.18. The minimum absolute atomic E-state index is 0.817. The maximum atomic E-state index is 4.03. The first kappa shape index (κ1) is 9.21. The molecule has 0 amide bonds. The number of aryl methyl sites for hydroxylation is 1. The third-order valence-corrected chi connectivity index (χ3v) is 2.52. The van der Waals surface area contributed by atoms with E-state index >= 15 is 0 Å². The molecular formula is C11H11N2S. The van der Waals surface area contributed by atoms with E-state index in [4.69, 9.17) is 0 Å². The topological polar surface area (TPSA) is 24.9 Å². The van der Waals surface area contributed by atoms with Gasteiger partial charge in [0, 0.05) is 11.9 Å². The van der Waals surface area contributed by atoms with Gasteiger partial charge in [0.05, 0.1) is 0 Å². The average molecular weight is 203 g/mol. The SMILES string of the molecule is Cc1ccc(CNc2cs[c]n2)cc1. The van der Waals surface area contributed by atoms with Crippen LogP contribution in [0.4, 0.5) is 5.82 Å². The Morgan fingerprint density at radius 3 is 2.79 bits per heavy atom. The first-order valence-corrected chi connectivity index (χ1v) is 5.33. The predicted octanol–water partition coefficient (Wildman–Crippen LogP) is 2.86. The second-order valence-corrected chi connectivity index (χ2v) is 3.82. The van der Waals surface area contributed by atoms with Crippen LogP contribution in [-0.4, -0.2) is 4.98 Å². The van der Waals surface area contributed by atoms with Crippen molar-refractivity contribution in [2.24, 2.45) is 0 Å². The van der Waals surface area contributed by atoms with Crippen LogP contribution in [0.25, 0.3) is 0 Å². The molecule has 1 N–H and O–H groups in total. The normalized spacial score (nSPS) is 10.1. The lowest BCUT2D eigenvalue weighted by molar-refractivity contribution is 1.12. The maximum Gasteiger partial charge on any atom is 0.154 e. The number of aromatic nitrogens is 1. The van der Waals surface area contributed by atoms with E-state index in [9.17, 15) is 0 Å². The van der Waals surface area contributed by atoms with E-state index in [0.29, 0.717) is 0 Å². The van der Waals surface area contributed by atoms with E-state index in [1.165, 1.54) is 22.5 Å². The monoisotopic (exact) mass is 203 g/mol. The van der Waals surface area contributed by atoms with Gasteiger partial charge in [0.1, 0.15) is 5.82 Å². The van der Waals surface area contributed by atoms with Crippen molar-refractivity contribution in [2.45, 2.75) is 13.5 Å². The van der Waals surface area contributed by atoms with Gasteiger partial charge in [0.25, 0.3) is 0 Å². The van der Waals surface area contributed by atoms with Crippen LogP contribution in [-0.2, 0) is 6.54 Å². The lowest BCUT2D eigenvalue weighted by Crippen LogP contribution is -1.98. The lowest BCUT2D eigenvalue weighted by atomic mass is 10.1. The van der Waals surface area contributed by atoms with E-state index in [1.807, 2.05) is 5.38 Å². The Balaban J connectivity index is 1.95. The molecule has 0 saturated heterocycles. The first-order chi connectivity index (χ1) is 6.84. The number of hydrogen-bond donors (Lipinski definition) is 1. The highest BCUT2D eigenvalue weighted by molar-refractivity contribution is 7.07. The zero-order valence-electron chi connectivity index (χ0n) is 7.95. The summed E-state index contributed by atoms with van der Waals surface area (Å²) in [5.41, 5.74) is 5.36. The Morgan fingerprint density at radius 1 is 1.36 bits per heavy atom. The summed E-state index contributed by atoms with van der Waals surface area (Å²) in [7, 11) is 0. The summed E-state index contributed by atoms with van der Waals surface area (Å²) in [6, 6.07) is 8.48. The number of nitrogens with zero attached hydrogens (tertiary/aromatic N) is 1. The second-order valence-electron chi connectivity index (χ2n) is 3.16. The number of rotatable bonds is 3. The molecular weight excluding hydrogens is 192 g/mol. The quantitative estimate of drug-likeness (QED) is 0.829. The molecule has 1 radical (unpaired) electrons. The van der Waals surface area contributed by atoms with Crippen molar-refractivity contribution in [3.8, 4) is 0 Å². The summed E-state index contributed by atoms with van der Waals surface area (Å²) in [4.78, 5) is 4.03. The van der Waals surface area contributed by atoms with Gasteiger partial charge in [-0.25, -0.2) is 4.98 Å². The molecule has 0 aliphatic rings. The summed E-state index contributed by atoms with van der Waals surface area (Å²) >= 11 is 1.48. The summed E-state index contributed by atoms with van der Waals surface area (Å²) < 4.78 is 0. The lowest BCUT2D eigenvalue weighted by Gasteiger charge is -2.02. The Morgan fingerprint density at radius 2 is 2.14 bits per heavy atom. The van der Waals surface area contributed by atoms with Crippen molar-refractivity contribution in [2.75, 3.05) is 5.32 Å². The van der Waals surface area contributed by atoms with Gasteiger partial charge >= 0.3 is 0 Å². The fraction of sp³-hybridized carbons (Fsp3) is 0.182. The highest BCUT2D eigenvalue weighted by atomic mass is 32.1. The molecule has 14 heavy (non-hydrogen) atoms. The standard InChI is InChI=1S/C11H11N2S/c1-9-2-4-10(5-3-9)6-12-11-7-14-8-13-11/h2-5,7,12H,6H2,1H3. The first-order valence-electron chi connectivity index (χ1n) is 4.45. The molecule has 0 atom stereocenters. The van der Waals surface area contributed by atoms with Crippen molar-refractivity contribution >= 4 is 17.2 Å². The van der Waals surface area contributed by atoms with Gasteiger partial charge in [0.2, 0.25) is 0 Å². The maximum absolute atomic E-state index is 4.03. The summed E-state index contributed by atoms with van der Waals surface area (Å²) in [5.74, 6) is 0.899. The molecule has 1 aromatic carbocycles. The molecule has 1 heterocycles. The minimum atomic E-state index is 0.817. The zero-order valence-corrected chi connectivity index (χ0v) is 8.77. The Kier molecular flexibility index (Phi) is 2.79. The molecule has 0 unspecified atom stereocenters. The van der Waals surface area contributed by atoms with E-state index in [0.717, 1.165) is 12.4 Å². The van der Waals surface area contributed by atoms with Crippen molar-refractivity contribution in [3.63, 3.8) is 0 Å². The van der Waals surface area contributed by atoms with E-state index in [1.54, 1.807) is 0 Å². The van der Waals surface area contributed by atoms with Gasteiger partial charge in [-0.3, -0.25) is 0 Å². The molecule has 2 nitrogen and oxygen atoms in total. The molecule has 0 bridgehead atoms. The van der Waals surface area contributed by atoms with Gasteiger partial charge in [0.15, 0.2) is 5.51 Å². The van der Waals surface area contributed by atoms with Crippen molar-refractivity contribution < 1.29 is 0 Å². The number of nitrogens with one attached hydrogen (secondary N) is 1.